The lowest BCUT2D eigenvalue weighted by molar-refractivity contribution is -0.127. The molecule has 0 atom stereocenters. The van der Waals surface area contributed by atoms with Crippen LogP contribution >= 0.6 is 11.6 Å². The molecule has 3 aromatic heterocycles. The molecule has 1 aliphatic heterocycles. The van der Waals surface area contributed by atoms with Gasteiger partial charge in [0.2, 0.25) is 5.91 Å². The molecular weight excluding hydrogens is 476 g/mol. The van der Waals surface area contributed by atoms with Crippen molar-refractivity contribution >= 4 is 40.0 Å². The number of hydrogen-bond acceptors (Lipinski definition) is 6. The zero-order valence-electron chi connectivity index (χ0n) is 20.0. The van der Waals surface area contributed by atoms with Crippen molar-refractivity contribution in [1.82, 2.24) is 24.4 Å². The molecule has 5 rings (SSSR count). The molecule has 9 heteroatoms. The normalized spacial score (nSPS) is 14.1. The summed E-state index contributed by atoms with van der Waals surface area (Å²) in [7, 11) is 1.99. The van der Waals surface area contributed by atoms with Gasteiger partial charge in [0.1, 0.15) is 30.1 Å². The van der Waals surface area contributed by atoms with Crippen molar-refractivity contribution in [3.05, 3.63) is 84.1 Å². The van der Waals surface area contributed by atoms with Gasteiger partial charge in [-0.3, -0.25) is 9.78 Å². The van der Waals surface area contributed by atoms with Gasteiger partial charge in [0, 0.05) is 38.2 Å². The van der Waals surface area contributed by atoms with Crippen LogP contribution in [0.15, 0.2) is 67.8 Å². The lowest BCUT2D eigenvalue weighted by Gasteiger charge is -2.31. The third-order valence-electron chi connectivity index (χ3n) is 6.50. The average molecular weight is 503 g/mol. The summed E-state index contributed by atoms with van der Waals surface area (Å²) in [6, 6.07) is 11.3. The smallest absolute Gasteiger partial charge is 0.245 e. The second-order valence-electron chi connectivity index (χ2n) is 8.80. The van der Waals surface area contributed by atoms with Crippen LogP contribution in [0.4, 0.5) is 11.5 Å². The molecule has 1 N–H and O–H groups in total. The number of likely N-dealkylation sites (tertiary alicyclic amines) is 1. The first-order valence-corrected chi connectivity index (χ1v) is 12.2. The molecule has 0 aliphatic carbocycles. The van der Waals surface area contributed by atoms with Crippen LogP contribution in [0.2, 0.25) is 5.02 Å². The number of piperidine rings is 1. The van der Waals surface area contributed by atoms with Crippen LogP contribution in [0.5, 0.6) is 5.75 Å². The van der Waals surface area contributed by atoms with Crippen molar-refractivity contribution in [3.63, 3.8) is 0 Å². The van der Waals surface area contributed by atoms with Crippen molar-refractivity contribution in [2.45, 2.75) is 25.4 Å². The topological polar surface area (TPSA) is 85.2 Å². The van der Waals surface area contributed by atoms with Gasteiger partial charge in [-0.05, 0) is 60.7 Å². The number of rotatable bonds is 7. The van der Waals surface area contributed by atoms with Crippen molar-refractivity contribution in [2.24, 2.45) is 7.05 Å². The fourth-order valence-corrected chi connectivity index (χ4v) is 4.89. The van der Waals surface area contributed by atoms with Crippen LogP contribution in [-0.4, -0.2) is 43.4 Å². The van der Waals surface area contributed by atoms with Crippen molar-refractivity contribution in [2.75, 3.05) is 18.4 Å². The number of fused-ring (bicyclic) bond motifs is 1. The van der Waals surface area contributed by atoms with Crippen LogP contribution in [0, 0.1) is 0 Å². The third-order valence-corrected chi connectivity index (χ3v) is 6.80. The van der Waals surface area contributed by atoms with E-state index in [0.29, 0.717) is 36.4 Å². The van der Waals surface area contributed by atoms with E-state index in [1.54, 1.807) is 12.5 Å². The fraction of sp³-hybridized carbons (Fsp3) is 0.259. The highest BCUT2D eigenvalue weighted by atomic mass is 35.5. The number of pyridine rings is 1. The van der Waals surface area contributed by atoms with Gasteiger partial charge in [-0.2, -0.15) is 0 Å². The Labute approximate surface area is 214 Å². The first kappa shape index (κ1) is 23.8. The number of nitrogens with one attached hydrogen (secondary N) is 1. The minimum Gasteiger partial charge on any atom is -0.486 e. The molecule has 36 heavy (non-hydrogen) atoms. The van der Waals surface area contributed by atoms with Gasteiger partial charge < -0.3 is 19.5 Å². The summed E-state index contributed by atoms with van der Waals surface area (Å²) < 4.78 is 7.88. The summed E-state index contributed by atoms with van der Waals surface area (Å²) in [6.07, 6.45) is 8.56. The Balaban J connectivity index is 1.36. The maximum absolute atomic E-state index is 12.0. The van der Waals surface area contributed by atoms with Crippen molar-refractivity contribution in [3.8, 4) is 5.75 Å². The molecule has 184 valence electrons. The number of anilines is 2. The molecule has 1 fully saturated rings. The minimum atomic E-state index is -0.0126. The SMILES string of the molecule is C=CC(=O)N1CCC(c2cn(C)c3ncnc(Nc4ccc(OCc5ccccn5)c(Cl)c4)c23)CC1. The first-order chi connectivity index (χ1) is 17.5. The highest BCUT2D eigenvalue weighted by Gasteiger charge is 2.26. The Bertz CT molecular complexity index is 1400. The highest BCUT2D eigenvalue weighted by molar-refractivity contribution is 6.32. The number of ether oxygens (including phenoxy) is 1. The average Bonchev–Trinajstić information content (AvgIpc) is 3.26. The number of hydrogen-bond donors (Lipinski definition) is 1. The Kier molecular flexibility index (Phi) is 6.86. The summed E-state index contributed by atoms with van der Waals surface area (Å²) in [5.74, 6) is 1.60. The molecule has 0 bridgehead atoms. The third kappa shape index (κ3) is 4.90. The Morgan fingerprint density at radius 1 is 1.22 bits per heavy atom. The van der Waals surface area contributed by atoms with E-state index in [1.807, 2.05) is 52.9 Å². The maximum Gasteiger partial charge on any atom is 0.245 e. The Morgan fingerprint density at radius 3 is 2.78 bits per heavy atom. The second kappa shape index (κ2) is 10.4. The number of carbonyl (C=O) groups excluding carboxylic acids is 1. The van der Waals surface area contributed by atoms with Crippen LogP contribution < -0.4 is 10.1 Å². The van der Waals surface area contributed by atoms with Gasteiger partial charge in [0.25, 0.3) is 0 Å². The zero-order valence-corrected chi connectivity index (χ0v) is 20.8. The minimum absolute atomic E-state index is 0.0126. The van der Waals surface area contributed by atoms with E-state index in [1.165, 1.54) is 11.6 Å². The Morgan fingerprint density at radius 2 is 2.06 bits per heavy atom. The van der Waals surface area contributed by atoms with E-state index in [-0.39, 0.29) is 5.91 Å². The van der Waals surface area contributed by atoms with Crippen LogP contribution in [0.3, 0.4) is 0 Å². The van der Waals surface area contributed by atoms with Gasteiger partial charge in [-0.15, -0.1) is 0 Å². The molecule has 0 saturated carbocycles. The highest BCUT2D eigenvalue weighted by Crippen LogP contribution is 2.38. The summed E-state index contributed by atoms with van der Waals surface area (Å²) in [5, 5.41) is 4.90. The standard InChI is InChI=1S/C27H27ClN6O2/c1-3-24(35)34-12-9-18(10-13-34)21-15-33(2)27-25(21)26(30-17-31-27)32-19-7-8-23(22(28)14-19)36-16-20-6-4-5-11-29-20/h3-8,11,14-15,17-18H,1,9-10,12-13,16H2,2H3,(H,30,31,32). The number of carbonyl (C=O) groups is 1. The fourth-order valence-electron chi connectivity index (χ4n) is 4.66. The maximum atomic E-state index is 12.0. The van der Waals surface area contributed by atoms with E-state index in [4.69, 9.17) is 16.3 Å². The van der Waals surface area contributed by atoms with Crippen LogP contribution in [-0.2, 0) is 18.4 Å². The molecular formula is C27H27ClN6O2. The predicted octanol–water partition coefficient (Wildman–Crippen LogP) is 5.23. The molecule has 1 amide bonds. The number of benzene rings is 1. The quantitative estimate of drug-likeness (QED) is 0.348. The van der Waals surface area contributed by atoms with E-state index >= 15 is 0 Å². The molecule has 8 nitrogen and oxygen atoms in total. The van der Waals surface area contributed by atoms with Gasteiger partial charge in [0.15, 0.2) is 0 Å². The lowest BCUT2D eigenvalue weighted by Crippen LogP contribution is -2.36. The largest absolute Gasteiger partial charge is 0.486 e. The summed E-state index contributed by atoms with van der Waals surface area (Å²) in [4.78, 5) is 27.2. The monoisotopic (exact) mass is 502 g/mol. The number of amides is 1. The second-order valence-corrected chi connectivity index (χ2v) is 9.21. The number of nitrogens with zero attached hydrogens (tertiary/aromatic N) is 5. The summed E-state index contributed by atoms with van der Waals surface area (Å²) >= 11 is 6.53. The van der Waals surface area contributed by atoms with E-state index in [0.717, 1.165) is 41.1 Å². The molecule has 4 heterocycles. The van der Waals surface area contributed by atoms with Gasteiger partial charge in [-0.1, -0.05) is 24.2 Å². The van der Waals surface area contributed by atoms with Crippen molar-refractivity contribution in [1.29, 1.82) is 0 Å². The zero-order chi connectivity index (χ0) is 25.1. The van der Waals surface area contributed by atoms with Gasteiger partial charge in [0.05, 0.1) is 16.1 Å². The van der Waals surface area contributed by atoms with Crippen molar-refractivity contribution < 1.29 is 9.53 Å². The number of aryl methyl sites for hydroxylation is 1. The molecule has 0 radical (unpaired) electrons. The molecule has 1 aliphatic rings. The van der Waals surface area contributed by atoms with Crippen LogP contribution in [0.25, 0.3) is 11.0 Å². The predicted molar refractivity (Wildman–Crippen MR) is 141 cm³/mol. The molecule has 0 spiro atoms. The van der Waals surface area contributed by atoms with Gasteiger partial charge >= 0.3 is 0 Å². The molecule has 1 saturated heterocycles. The van der Waals surface area contributed by atoms with E-state index < -0.39 is 0 Å². The molecule has 0 unspecified atom stereocenters. The van der Waals surface area contributed by atoms with Crippen LogP contribution in [0.1, 0.15) is 30.0 Å². The first-order valence-electron chi connectivity index (χ1n) is 11.8. The molecule has 1 aromatic carbocycles. The number of aromatic nitrogens is 4. The van der Waals surface area contributed by atoms with E-state index in [9.17, 15) is 4.79 Å². The van der Waals surface area contributed by atoms with Gasteiger partial charge in [-0.25, -0.2) is 9.97 Å². The number of halogens is 1. The lowest BCUT2D eigenvalue weighted by atomic mass is 9.89. The summed E-state index contributed by atoms with van der Waals surface area (Å²) in [6.45, 7) is 5.36. The van der Waals surface area contributed by atoms with E-state index in [2.05, 4.69) is 33.0 Å². The Hall–Kier alpha value is -3.91. The summed E-state index contributed by atoms with van der Waals surface area (Å²) in [5.41, 5.74) is 3.66. The molecule has 4 aromatic rings.